The first-order chi connectivity index (χ1) is 10.2. The first-order valence-corrected chi connectivity index (χ1v) is 7.62. The van der Waals surface area contributed by atoms with Gasteiger partial charge in [-0.3, -0.25) is 0 Å². The van der Waals surface area contributed by atoms with Gasteiger partial charge in [-0.05, 0) is 24.1 Å². The molecule has 0 amide bonds. The van der Waals surface area contributed by atoms with E-state index in [1.165, 1.54) is 6.33 Å². The lowest BCUT2D eigenvalue weighted by Gasteiger charge is -2.04. The van der Waals surface area contributed by atoms with Gasteiger partial charge in [-0.2, -0.15) is 0 Å². The molecule has 0 spiro atoms. The highest BCUT2D eigenvalue weighted by atomic mass is 32.2. The molecule has 0 radical (unpaired) electrons. The lowest BCUT2D eigenvalue weighted by atomic mass is 10.0. The molecule has 3 rings (SSSR count). The number of rotatable bonds is 2. The molecule has 0 saturated heterocycles. The normalized spacial score (nSPS) is 17.3. The highest BCUT2D eigenvalue weighted by Crippen LogP contribution is 2.34. The fourth-order valence-corrected chi connectivity index (χ4v) is 2.79. The van der Waals surface area contributed by atoms with Crippen LogP contribution in [-0.2, 0) is 11.1 Å². The molecule has 1 aliphatic rings. The van der Waals surface area contributed by atoms with Crippen LogP contribution in [0, 0.1) is 11.8 Å². The highest BCUT2D eigenvalue weighted by Gasteiger charge is 2.25. The lowest BCUT2D eigenvalue weighted by molar-refractivity contribution is 0.337. The first-order valence-electron chi connectivity index (χ1n) is 6.34. The van der Waals surface area contributed by atoms with Crippen molar-refractivity contribution in [3.05, 3.63) is 53.6 Å². The summed E-state index contributed by atoms with van der Waals surface area (Å²) in [7, 11) is 0. The summed E-state index contributed by atoms with van der Waals surface area (Å²) in [5.74, 6) is 6.86. The van der Waals surface area contributed by atoms with Crippen molar-refractivity contribution in [2.45, 2.75) is 5.92 Å². The minimum atomic E-state index is -1.82. The molecule has 1 aromatic carbocycles. The van der Waals surface area contributed by atoms with Crippen LogP contribution in [0.15, 0.2) is 36.8 Å². The average Bonchev–Trinajstić information content (AvgIpc) is 2.88. The summed E-state index contributed by atoms with van der Waals surface area (Å²) >= 11 is -1.82. The SMILES string of the molecule is O=S(O)CC1COc2cc(C#Cc3ccncn3)ccc21. The number of hydrogen-bond acceptors (Lipinski definition) is 4. The van der Waals surface area contributed by atoms with Gasteiger partial charge >= 0.3 is 0 Å². The maximum atomic E-state index is 10.9. The zero-order valence-corrected chi connectivity index (χ0v) is 11.8. The van der Waals surface area contributed by atoms with Gasteiger partial charge in [0.05, 0.1) is 12.4 Å². The molecule has 1 aromatic heterocycles. The van der Waals surface area contributed by atoms with Gasteiger partial charge < -0.3 is 9.29 Å². The Kier molecular flexibility index (Phi) is 3.95. The van der Waals surface area contributed by atoms with Gasteiger partial charge in [0.25, 0.3) is 0 Å². The van der Waals surface area contributed by atoms with E-state index >= 15 is 0 Å². The molecule has 106 valence electrons. The van der Waals surface area contributed by atoms with Gasteiger partial charge in [0, 0.05) is 23.2 Å². The predicted molar refractivity (Wildman–Crippen MR) is 78.3 cm³/mol. The van der Waals surface area contributed by atoms with Crippen LogP contribution in [0.3, 0.4) is 0 Å². The number of benzene rings is 1. The van der Waals surface area contributed by atoms with Crippen molar-refractivity contribution in [1.29, 1.82) is 0 Å². The molecule has 1 N–H and O–H groups in total. The fraction of sp³-hybridized carbons (Fsp3) is 0.200. The van der Waals surface area contributed by atoms with Crippen molar-refractivity contribution in [3.8, 4) is 17.6 Å². The number of aromatic nitrogens is 2. The second kappa shape index (κ2) is 6.04. The van der Waals surface area contributed by atoms with Crippen molar-refractivity contribution >= 4 is 11.1 Å². The van der Waals surface area contributed by atoms with E-state index in [2.05, 4.69) is 21.8 Å². The molecular formula is C15H12N2O3S. The Morgan fingerprint density at radius 1 is 1.38 bits per heavy atom. The van der Waals surface area contributed by atoms with Crippen molar-refractivity contribution in [1.82, 2.24) is 9.97 Å². The largest absolute Gasteiger partial charge is 0.493 e. The summed E-state index contributed by atoms with van der Waals surface area (Å²) in [5.41, 5.74) is 2.43. The Hall–Kier alpha value is -2.23. The van der Waals surface area contributed by atoms with Gasteiger partial charge in [-0.15, -0.1) is 0 Å². The highest BCUT2D eigenvalue weighted by molar-refractivity contribution is 7.79. The van der Waals surface area contributed by atoms with Crippen LogP contribution >= 0.6 is 0 Å². The lowest BCUT2D eigenvalue weighted by Crippen LogP contribution is -2.10. The molecule has 2 unspecified atom stereocenters. The molecule has 0 aliphatic carbocycles. The first kappa shape index (κ1) is 13.7. The minimum Gasteiger partial charge on any atom is -0.493 e. The third kappa shape index (κ3) is 3.27. The fourth-order valence-electron chi connectivity index (χ4n) is 2.17. The maximum Gasteiger partial charge on any atom is 0.153 e. The average molecular weight is 300 g/mol. The Morgan fingerprint density at radius 2 is 2.29 bits per heavy atom. The van der Waals surface area contributed by atoms with Crippen molar-refractivity contribution < 1.29 is 13.5 Å². The molecule has 0 bridgehead atoms. The summed E-state index contributed by atoms with van der Waals surface area (Å²) in [6, 6.07) is 7.38. The number of fused-ring (bicyclic) bond motifs is 1. The van der Waals surface area contributed by atoms with Crippen LogP contribution in [0.25, 0.3) is 0 Å². The molecule has 5 nitrogen and oxygen atoms in total. The van der Waals surface area contributed by atoms with Gasteiger partial charge in [0.15, 0.2) is 11.1 Å². The zero-order chi connectivity index (χ0) is 14.7. The molecule has 2 atom stereocenters. The number of ether oxygens (including phenoxy) is 1. The van der Waals surface area contributed by atoms with Crippen LogP contribution in [0.4, 0.5) is 0 Å². The van der Waals surface area contributed by atoms with Gasteiger partial charge in [0.2, 0.25) is 0 Å². The zero-order valence-electron chi connectivity index (χ0n) is 11.0. The van der Waals surface area contributed by atoms with E-state index in [0.29, 0.717) is 12.3 Å². The standard InChI is InChI=1S/C15H12N2O3S/c18-21(19)9-12-8-20-15-7-11(2-4-14(12)15)1-3-13-5-6-16-10-17-13/h2,4-7,10,12H,8-9H2,(H,18,19). The van der Waals surface area contributed by atoms with Crippen LogP contribution in [0.2, 0.25) is 0 Å². The molecule has 2 aromatic rings. The summed E-state index contributed by atoms with van der Waals surface area (Å²) < 4.78 is 25.5. The predicted octanol–water partition coefficient (Wildman–Crippen LogP) is 1.57. The topological polar surface area (TPSA) is 72.3 Å². The Balaban J connectivity index is 1.82. The molecule has 21 heavy (non-hydrogen) atoms. The molecule has 2 heterocycles. The summed E-state index contributed by atoms with van der Waals surface area (Å²) in [5, 5.41) is 0. The molecule has 0 fully saturated rings. The van der Waals surface area contributed by atoms with Crippen molar-refractivity contribution in [2.75, 3.05) is 12.4 Å². The van der Waals surface area contributed by atoms with E-state index in [-0.39, 0.29) is 11.7 Å². The number of hydrogen-bond donors (Lipinski definition) is 1. The molecule has 1 aliphatic heterocycles. The molecule has 6 heteroatoms. The second-order valence-electron chi connectivity index (χ2n) is 4.59. The molecule has 0 saturated carbocycles. The second-order valence-corrected chi connectivity index (χ2v) is 5.57. The monoisotopic (exact) mass is 300 g/mol. The third-order valence-electron chi connectivity index (χ3n) is 3.15. The minimum absolute atomic E-state index is 0.0327. The van der Waals surface area contributed by atoms with Gasteiger partial charge in [0.1, 0.15) is 17.8 Å². The quantitative estimate of drug-likeness (QED) is 0.673. The third-order valence-corrected chi connectivity index (χ3v) is 3.84. The van der Waals surface area contributed by atoms with Crippen LogP contribution < -0.4 is 4.74 Å². The van der Waals surface area contributed by atoms with Crippen molar-refractivity contribution in [2.24, 2.45) is 0 Å². The number of nitrogens with zero attached hydrogens (tertiary/aromatic N) is 2. The van der Waals surface area contributed by atoms with Gasteiger partial charge in [-0.25, -0.2) is 14.2 Å². The van der Waals surface area contributed by atoms with Crippen LogP contribution in [0.5, 0.6) is 5.75 Å². The maximum absolute atomic E-state index is 10.9. The van der Waals surface area contributed by atoms with E-state index in [0.717, 1.165) is 16.9 Å². The van der Waals surface area contributed by atoms with Crippen LogP contribution in [0.1, 0.15) is 22.7 Å². The van der Waals surface area contributed by atoms with E-state index in [9.17, 15) is 4.21 Å². The van der Waals surface area contributed by atoms with Crippen LogP contribution in [-0.4, -0.2) is 31.1 Å². The van der Waals surface area contributed by atoms with Gasteiger partial charge in [-0.1, -0.05) is 12.0 Å². The van der Waals surface area contributed by atoms with E-state index in [4.69, 9.17) is 9.29 Å². The van der Waals surface area contributed by atoms with Crippen molar-refractivity contribution in [3.63, 3.8) is 0 Å². The Labute approximate surface area is 124 Å². The summed E-state index contributed by atoms with van der Waals surface area (Å²) in [4.78, 5) is 7.87. The van der Waals surface area contributed by atoms with E-state index in [1.807, 2.05) is 18.2 Å². The Morgan fingerprint density at radius 3 is 3.05 bits per heavy atom. The molecular weight excluding hydrogens is 288 g/mol. The summed E-state index contributed by atoms with van der Waals surface area (Å²) in [6.45, 7) is 0.435. The smallest absolute Gasteiger partial charge is 0.153 e. The summed E-state index contributed by atoms with van der Waals surface area (Å²) in [6.07, 6.45) is 3.10. The Bertz CT molecular complexity index is 738. The van der Waals surface area contributed by atoms with E-state index in [1.54, 1.807) is 12.3 Å². The van der Waals surface area contributed by atoms with E-state index < -0.39 is 11.1 Å².